The maximum Gasteiger partial charge on any atom is 0.296 e. The largest absolute Gasteiger partial charge is 0.503 e. The number of carbonyl (C=O) groups excluding carboxylic acids is 2. The van der Waals surface area contributed by atoms with E-state index in [-0.39, 0.29) is 16.5 Å². The number of aromatic nitrogens is 2. The summed E-state index contributed by atoms with van der Waals surface area (Å²) in [5, 5.41) is 21.5. The molecule has 0 fully saturated rings. The highest BCUT2D eigenvalue weighted by Gasteiger charge is 2.46. The van der Waals surface area contributed by atoms with Gasteiger partial charge in [-0.25, -0.2) is 0 Å². The van der Waals surface area contributed by atoms with Gasteiger partial charge in [-0.1, -0.05) is 94.8 Å². The number of methoxy groups -OCH3 is 1. The summed E-state index contributed by atoms with van der Waals surface area (Å²) >= 11 is 14.9. The molecule has 5 aromatic rings. The number of thioether (sulfide) groups is 1. The molecule has 41 heavy (non-hydrogen) atoms. The van der Waals surface area contributed by atoms with Crippen LogP contribution in [0.15, 0.2) is 92.9 Å². The van der Waals surface area contributed by atoms with Crippen LogP contribution in [0.25, 0.3) is 11.0 Å². The third-order valence-corrected chi connectivity index (χ3v) is 9.18. The zero-order valence-electron chi connectivity index (χ0n) is 21.2. The molecule has 0 saturated heterocycles. The number of hydrogen-bond acceptors (Lipinski definition) is 9. The Bertz CT molecular complexity index is 1840. The quantitative estimate of drug-likeness (QED) is 0.107. The summed E-state index contributed by atoms with van der Waals surface area (Å²) in [6.45, 7) is 0. The molecule has 3 aromatic carbocycles. The number of benzene rings is 3. The van der Waals surface area contributed by atoms with E-state index >= 15 is 0 Å². The van der Waals surface area contributed by atoms with Gasteiger partial charge in [-0.05, 0) is 35.4 Å². The molecule has 0 aliphatic carbocycles. The Morgan fingerprint density at radius 2 is 1.90 bits per heavy atom. The van der Waals surface area contributed by atoms with E-state index in [1.807, 2.05) is 12.1 Å². The average Bonchev–Trinajstić information content (AvgIpc) is 3.69. The third kappa shape index (κ3) is 5.08. The molecule has 2 aromatic heterocycles. The molecule has 1 unspecified atom stereocenters. The lowest BCUT2D eigenvalue weighted by Gasteiger charge is -2.23. The van der Waals surface area contributed by atoms with Gasteiger partial charge in [-0.15, -0.1) is 10.2 Å². The van der Waals surface area contributed by atoms with Crippen molar-refractivity contribution in [3.8, 4) is 5.75 Å². The first kappa shape index (κ1) is 27.3. The smallest absolute Gasteiger partial charge is 0.296 e. The van der Waals surface area contributed by atoms with E-state index < -0.39 is 23.5 Å². The van der Waals surface area contributed by atoms with Crippen LogP contribution in [0.1, 0.15) is 27.7 Å². The van der Waals surface area contributed by atoms with Crippen molar-refractivity contribution in [1.82, 2.24) is 10.2 Å². The summed E-state index contributed by atoms with van der Waals surface area (Å²) in [5.41, 5.74) is 1.75. The molecule has 8 nitrogen and oxygen atoms in total. The summed E-state index contributed by atoms with van der Waals surface area (Å²) in [7, 11) is 1.50. The van der Waals surface area contributed by atoms with Crippen LogP contribution in [0, 0.1) is 0 Å². The number of fused-ring (bicyclic) bond motifs is 1. The van der Waals surface area contributed by atoms with Crippen molar-refractivity contribution in [2.75, 3.05) is 12.0 Å². The zero-order chi connectivity index (χ0) is 28.7. The third-order valence-electron chi connectivity index (χ3n) is 6.49. The predicted octanol–water partition coefficient (Wildman–Crippen LogP) is 7.67. The summed E-state index contributed by atoms with van der Waals surface area (Å²) in [6, 6.07) is 20.1. The standard InChI is InChI=1S/C29H19Cl2N3O5S2/c1-38-20-9-5-8-16-12-21(39-26(16)20)24(35)22-23(15-6-3-2-4-7-15)34(27(37)25(22)36)28-32-33-29(41-28)40-14-17-10-11-18(30)13-19(17)31/h2-13,23,36H,14H2,1H3. The summed E-state index contributed by atoms with van der Waals surface area (Å²) in [4.78, 5) is 28.6. The number of ketones is 1. The molecule has 12 heteroatoms. The first-order chi connectivity index (χ1) is 19.9. The Kier molecular flexibility index (Phi) is 7.48. The van der Waals surface area contributed by atoms with Gasteiger partial charge in [0.2, 0.25) is 10.9 Å². The van der Waals surface area contributed by atoms with Crippen molar-refractivity contribution < 1.29 is 23.8 Å². The number of hydrogen-bond donors (Lipinski definition) is 1. The number of aliphatic hydroxyl groups excluding tert-OH is 1. The van der Waals surface area contributed by atoms with E-state index in [9.17, 15) is 14.7 Å². The van der Waals surface area contributed by atoms with Gasteiger partial charge in [0.25, 0.3) is 5.91 Å². The highest BCUT2D eigenvalue weighted by atomic mass is 35.5. The van der Waals surface area contributed by atoms with Gasteiger partial charge in [0.05, 0.1) is 18.7 Å². The second-order valence-electron chi connectivity index (χ2n) is 8.94. The maximum atomic E-state index is 13.9. The minimum Gasteiger partial charge on any atom is -0.503 e. The fourth-order valence-electron chi connectivity index (χ4n) is 4.56. The average molecular weight is 625 g/mol. The number of rotatable bonds is 8. The molecule has 3 heterocycles. The van der Waals surface area contributed by atoms with Crippen LogP contribution in [0.4, 0.5) is 5.13 Å². The molecular formula is C29H19Cl2N3O5S2. The van der Waals surface area contributed by atoms with Crippen molar-refractivity contribution in [2.24, 2.45) is 0 Å². The van der Waals surface area contributed by atoms with E-state index in [2.05, 4.69) is 10.2 Å². The number of aliphatic hydroxyl groups is 1. The van der Waals surface area contributed by atoms with Gasteiger partial charge in [0.1, 0.15) is 0 Å². The zero-order valence-corrected chi connectivity index (χ0v) is 24.4. The van der Waals surface area contributed by atoms with Gasteiger partial charge in [0, 0.05) is 21.2 Å². The summed E-state index contributed by atoms with van der Waals surface area (Å²) < 4.78 is 11.8. The van der Waals surface area contributed by atoms with Crippen molar-refractivity contribution in [3.05, 3.63) is 111 Å². The Morgan fingerprint density at radius 3 is 2.66 bits per heavy atom. The monoisotopic (exact) mass is 623 g/mol. The van der Waals surface area contributed by atoms with Crippen LogP contribution in [-0.4, -0.2) is 34.1 Å². The SMILES string of the molecule is COc1cccc2cc(C(=O)C3=C(O)C(=O)N(c4nnc(SCc5ccc(Cl)cc5Cl)s4)C3c3ccccc3)oc12. The van der Waals surface area contributed by atoms with E-state index in [0.717, 1.165) is 5.56 Å². The van der Waals surface area contributed by atoms with Crippen LogP contribution in [0.2, 0.25) is 10.0 Å². The first-order valence-corrected chi connectivity index (χ1v) is 14.7. The normalized spacial score (nSPS) is 15.2. The Labute approximate surface area is 252 Å². The van der Waals surface area contributed by atoms with E-state index in [1.165, 1.54) is 35.1 Å². The number of ether oxygens (including phenoxy) is 1. The van der Waals surface area contributed by atoms with Crippen LogP contribution in [0.3, 0.4) is 0 Å². The molecule has 1 aliphatic heterocycles. The molecule has 0 saturated carbocycles. The Hall–Kier alpha value is -3.83. The number of halogens is 2. The van der Waals surface area contributed by atoms with Crippen molar-refractivity contribution in [2.45, 2.75) is 16.1 Å². The van der Waals surface area contributed by atoms with Crippen molar-refractivity contribution in [1.29, 1.82) is 0 Å². The fourth-order valence-corrected chi connectivity index (χ4v) is 6.99. The topological polar surface area (TPSA) is 106 Å². The minimum absolute atomic E-state index is 0.0324. The maximum absolute atomic E-state index is 13.9. The number of Topliss-reactive ketones (excluding diaryl/α,β-unsaturated/α-hetero) is 1. The van der Waals surface area contributed by atoms with Crippen LogP contribution in [-0.2, 0) is 10.5 Å². The molecule has 1 amide bonds. The number of amides is 1. The van der Waals surface area contributed by atoms with E-state index in [4.69, 9.17) is 32.4 Å². The molecule has 0 bridgehead atoms. The number of para-hydroxylation sites is 1. The lowest BCUT2D eigenvalue weighted by molar-refractivity contribution is -0.117. The van der Waals surface area contributed by atoms with Gasteiger partial charge in [-0.3, -0.25) is 14.5 Å². The van der Waals surface area contributed by atoms with Crippen LogP contribution in [0.5, 0.6) is 5.75 Å². The molecule has 1 atom stereocenters. The predicted molar refractivity (Wildman–Crippen MR) is 159 cm³/mol. The number of carbonyl (C=O) groups is 2. The Balaban J connectivity index is 1.35. The summed E-state index contributed by atoms with van der Waals surface area (Å²) in [6.07, 6.45) is 0. The summed E-state index contributed by atoms with van der Waals surface area (Å²) in [5.74, 6) is -1.12. The lowest BCUT2D eigenvalue weighted by atomic mass is 9.95. The van der Waals surface area contributed by atoms with Crippen LogP contribution < -0.4 is 9.64 Å². The molecule has 1 N–H and O–H groups in total. The molecule has 0 spiro atoms. The van der Waals surface area contributed by atoms with Gasteiger partial charge in [-0.2, -0.15) is 0 Å². The lowest BCUT2D eigenvalue weighted by Crippen LogP contribution is -2.31. The minimum atomic E-state index is -0.956. The molecule has 1 aliphatic rings. The second kappa shape index (κ2) is 11.2. The van der Waals surface area contributed by atoms with Crippen molar-refractivity contribution >= 4 is 74.1 Å². The second-order valence-corrected chi connectivity index (χ2v) is 12.0. The van der Waals surface area contributed by atoms with Gasteiger partial charge < -0.3 is 14.3 Å². The highest BCUT2D eigenvalue weighted by Crippen LogP contribution is 2.44. The molecule has 206 valence electrons. The number of furan rings is 1. The van der Waals surface area contributed by atoms with E-state index in [1.54, 1.807) is 60.7 Å². The highest BCUT2D eigenvalue weighted by molar-refractivity contribution is 8.00. The fraction of sp³-hybridized carbons (Fsp3) is 0.103. The van der Waals surface area contributed by atoms with Crippen molar-refractivity contribution in [3.63, 3.8) is 0 Å². The first-order valence-electron chi connectivity index (χ1n) is 12.2. The Morgan fingerprint density at radius 1 is 1.10 bits per heavy atom. The molecular weight excluding hydrogens is 605 g/mol. The van der Waals surface area contributed by atoms with Crippen LogP contribution >= 0.6 is 46.3 Å². The molecule has 0 radical (unpaired) electrons. The van der Waals surface area contributed by atoms with E-state index in [0.29, 0.717) is 42.4 Å². The van der Waals surface area contributed by atoms with Gasteiger partial charge in [0.15, 0.2) is 27.2 Å². The number of nitrogens with zero attached hydrogens (tertiary/aromatic N) is 3. The molecule has 6 rings (SSSR count). The number of anilines is 1. The van der Waals surface area contributed by atoms with Gasteiger partial charge >= 0.3 is 0 Å².